The van der Waals surface area contributed by atoms with Gasteiger partial charge in [-0.25, -0.2) is 14.9 Å². The molecule has 1 rings (SSSR count). The number of hydrogen-bond acceptors (Lipinski definition) is 4. The van der Waals surface area contributed by atoms with Crippen molar-refractivity contribution in [2.45, 2.75) is 32.8 Å². The zero-order chi connectivity index (χ0) is 16.9. The van der Waals surface area contributed by atoms with E-state index in [1.165, 1.54) is 0 Å². The highest BCUT2D eigenvalue weighted by atomic mass is 35.5. The lowest BCUT2D eigenvalue weighted by atomic mass is 10.1. The summed E-state index contributed by atoms with van der Waals surface area (Å²) in [7, 11) is 0. The van der Waals surface area contributed by atoms with Gasteiger partial charge < -0.3 is 4.74 Å². The van der Waals surface area contributed by atoms with Gasteiger partial charge in [0.1, 0.15) is 5.60 Å². The number of imide groups is 2. The van der Waals surface area contributed by atoms with Crippen LogP contribution in [0.5, 0.6) is 0 Å². The Bertz CT molecular complexity index is 577. The number of hydrogen-bond donors (Lipinski definition) is 2. The number of benzene rings is 1. The molecule has 0 heterocycles. The molecular weight excluding hydrogens is 331 g/mol. The van der Waals surface area contributed by atoms with E-state index in [9.17, 15) is 14.4 Å². The Morgan fingerprint density at radius 2 is 1.64 bits per heavy atom. The van der Waals surface area contributed by atoms with E-state index in [0.29, 0.717) is 15.6 Å². The molecule has 0 saturated heterocycles. The smallest absolute Gasteiger partial charge is 0.415 e. The maximum Gasteiger partial charge on any atom is 0.415 e. The Hall–Kier alpha value is -1.79. The van der Waals surface area contributed by atoms with E-state index in [2.05, 4.69) is 0 Å². The third-order valence-electron chi connectivity index (χ3n) is 2.27. The number of amides is 4. The predicted molar refractivity (Wildman–Crippen MR) is 83.1 cm³/mol. The summed E-state index contributed by atoms with van der Waals surface area (Å²) >= 11 is 11.9. The van der Waals surface area contributed by atoms with E-state index < -0.39 is 23.6 Å². The van der Waals surface area contributed by atoms with Gasteiger partial charge in [0.05, 0.1) is 6.42 Å². The molecule has 0 radical (unpaired) electrons. The number of rotatable bonds is 2. The van der Waals surface area contributed by atoms with E-state index in [-0.39, 0.29) is 6.42 Å². The molecule has 0 spiro atoms. The van der Waals surface area contributed by atoms with Gasteiger partial charge in [-0.2, -0.15) is 0 Å². The Morgan fingerprint density at radius 1 is 1.09 bits per heavy atom. The highest BCUT2D eigenvalue weighted by Gasteiger charge is 2.19. The maximum absolute atomic E-state index is 11.8. The van der Waals surface area contributed by atoms with Crippen molar-refractivity contribution >= 4 is 41.2 Å². The first-order valence-electron chi connectivity index (χ1n) is 6.35. The topological polar surface area (TPSA) is 84.5 Å². The highest BCUT2D eigenvalue weighted by molar-refractivity contribution is 6.36. The number of urea groups is 1. The highest BCUT2D eigenvalue weighted by Crippen LogP contribution is 2.24. The van der Waals surface area contributed by atoms with Crippen LogP contribution >= 0.6 is 23.2 Å². The average molecular weight is 347 g/mol. The molecule has 2 N–H and O–H groups in total. The summed E-state index contributed by atoms with van der Waals surface area (Å²) in [5, 5.41) is 4.51. The number of carbonyl (C=O) groups is 3. The van der Waals surface area contributed by atoms with E-state index in [1.807, 2.05) is 10.6 Å². The minimum atomic E-state index is -0.984. The van der Waals surface area contributed by atoms with Gasteiger partial charge in [0.25, 0.3) is 0 Å². The van der Waals surface area contributed by atoms with Gasteiger partial charge in [-0.3, -0.25) is 10.1 Å². The largest absolute Gasteiger partial charge is 0.443 e. The van der Waals surface area contributed by atoms with Crippen LogP contribution in [-0.2, 0) is 16.0 Å². The molecule has 0 fully saturated rings. The van der Waals surface area contributed by atoms with Gasteiger partial charge in [0.15, 0.2) is 0 Å². The molecule has 0 aromatic heterocycles. The van der Waals surface area contributed by atoms with E-state index in [1.54, 1.807) is 39.0 Å². The quantitative estimate of drug-likeness (QED) is 0.860. The fraction of sp³-hybridized carbons (Fsp3) is 0.357. The van der Waals surface area contributed by atoms with E-state index >= 15 is 0 Å². The monoisotopic (exact) mass is 346 g/mol. The second kappa shape index (κ2) is 7.47. The Kier molecular flexibility index (Phi) is 6.20. The normalized spacial score (nSPS) is 10.8. The summed E-state index contributed by atoms with van der Waals surface area (Å²) in [6.45, 7) is 4.94. The minimum Gasteiger partial charge on any atom is -0.443 e. The van der Waals surface area contributed by atoms with Gasteiger partial charge in [0.2, 0.25) is 5.91 Å². The van der Waals surface area contributed by atoms with Crippen molar-refractivity contribution in [1.82, 2.24) is 10.6 Å². The van der Waals surface area contributed by atoms with Gasteiger partial charge in [-0.1, -0.05) is 29.3 Å². The fourth-order valence-electron chi connectivity index (χ4n) is 1.46. The average Bonchev–Trinajstić information content (AvgIpc) is 2.31. The molecule has 4 amide bonds. The van der Waals surface area contributed by atoms with Gasteiger partial charge in [0, 0.05) is 10.0 Å². The first-order valence-corrected chi connectivity index (χ1v) is 7.11. The molecule has 6 nitrogen and oxygen atoms in total. The van der Waals surface area contributed by atoms with Crippen LogP contribution in [0, 0.1) is 0 Å². The van der Waals surface area contributed by atoms with Crippen molar-refractivity contribution in [1.29, 1.82) is 0 Å². The van der Waals surface area contributed by atoms with E-state index in [0.717, 1.165) is 0 Å². The van der Waals surface area contributed by atoms with Crippen LogP contribution in [0.3, 0.4) is 0 Å². The minimum absolute atomic E-state index is 0.194. The molecule has 0 aliphatic carbocycles. The van der Waals surface area contributed by atoms with Crippen molar-refractivity contribution in [2.75, 3.05) is 0 Å². The molecular formula is C14H16Cl2N2O4. The zero-order valence-electron chi connectivity index (χ0n) is 12.3. The lowest BCUT2D eigenvalue weighted by molar-refractivity contribution is -0.119. The number of halogens is 2. The van der Waals surface area contributed by atoms with Gasteiger partial charge >= 0.3 is 12.1 Å². The molecule has 0 aliphatic rings. The molecule has 0 unspecified atom stereocenters. The molecule has 0 atom stereocenters. The Morgan fingerprint density at radius 3 is 2.14 bits per heavy atom. The molecule has 0 bridgehead atoms. The van der Waals surface area contributed by atoms with Gasteiger partial charge in [-0.05, 0) is 38.5 Å². The van der Waals surface area contributed by atoms with Crippen LogP contribution in [0.1, 0.15) is 26.3 Å². The molecule has 1 aromatic rings. The molecule has 1 aromatic carbocycles. The molecule has 0 aliphatic heterocycles. The van der Waals surface area contributed by atoms with Crippen molar-refractivity contribution < 1.29 is 19.1 Å². The number of alkyl carbamates (subject to hydrolysis) is 1. The van der Waals surface area contributed by atoms with Crippen LogP contribution in [0.4, 0.5) is 9.59 Å². The summed E-state index contributed by atoms with van der Waals surface area (Å²) < 4.78 is 4.88. The predicted octanol–water partition coefficient (Wildman–Crippen LogP) is 3.30. The first kappa shape index (κ1) is 18.3. The lowest BCUT2D eigenvalue weighted by Gasteiger charge is -2.19. The van der Waals surface area contributed by atoms with Crippen LogP contribution in [-0.4, -0.2) is 23.6 Å². The van der Waals surface area contributed by atoms with Crippen LogP contribution in [0.15, 0.2) is 18.2 Å². The number of ether oxygens (including phenoxy) is 1. The van der Waals surface area contributed by atoms with Crippen LogP contribution < -0.4 is 10.6 Å². The maximum atomic E-state index is 11.8. The SMILES string of the molecule is CC(C)(C)OC(=O)NC(=O)NC(=O)Cc1c(Cl)cccc1Cl. The van der Waals surface area contributed by atoms with Crippen LogP contribution in [0.2, 0.25) is 10.0 Å². The van der Waals surface area contributed by atoms with Gasteiger partial charge in [-0.15, -0.1) is 0 Å². The third kappa shape index (κ3) is 6.32. The summed E-state index contributed by atoms with van der Waals surface area (Å²) in [6.07, 6.45) is -1.14. The number of carbonyl (C=O) groups excluding carboxylic acids is 3. The number of nitrogens with one attached hydrogen (secondary N) is 2. The van der Waals surface area contributed by atoms with Crippen molar-refractivity contribution in [3.8, 4) is 0 Å². The summed E-state index contributed by atoms with van der Waals surface area (Å²) in [5.74, 6) is -0.656. The van der Waals surface area contributed by atoms with Crippen LogP contribution in [0.25, 0.3) is 0 Å². The van der Waals surface area contributed by atoms with Crippen molar-refractivity contribution in [3.63, 3.8) is 0 Å². The molecule has 8 heteroatoms. The Balaban J connectivity index is 2.55. The van der Waals surface area contributed by atoms with Crippen molar-refractivity contribution in [3.05, 3.63) is 33.8 Å². The molecule has 0 saturated carbocycles. The van der Waals surface area contributed by atoms with Crippen molar-refractivity contribution in [2.24, 2.45) is 0 Å². The summed E-state index contributed by atoms with van der Waals surface area (Å²) in [6, 6.07) is 3.82. The zero-order valence-corrected chi connectivity index (χ0v) is 13.8. The summed E-state index contributed by atoms with van der Waals surface area (Å²) in [4.78, 5) is 34.6. The lowest BCUT2D eigenvalue weighted by Crippen LogP contribution is -2.44. The van der Waals surface area contributed by atoms with E-state index in [4.69, 9.17) is 27.9 Å². The molecule has 22 heavy (non-hydrogen) atoms. The third-order valence-corrected chi connectivity index (χ3v) is 2.97. The second-order valence-electron chi connectivity index (χ2n) is 5.38. The standard InChI is InChI=1S/C14H16Cl2N2O4/c1-14(2,3)22-13(21)18-12(20)17-11(19)7-8-9(15)5-4-6-10(8)16/h4-6H,7H2,1-3H3,(H2,17,18,19,20,21). The molecule has 120 valence electrons. The second-order valence-corrected chi connectivity index (χ2v) is 6.20. The Labute approximate surface area is 138 Å². The first-order chi connectivity index (χ1) is 10.1. The summed E-state index contributed by atoms with van der Waals surface area (Å²) in [5.41, 5.74) is -0.354. The fourth-order valence-corrected chi connectivity index (χ4v) is 1.99.